The average molecular weight is 403 g/mol. The normalized spacial score (nSPS) is 10.5. The number of carbonyl (C=O) groups excluding carboxylic acids is 1. The highest BCUT2D eigenvalue weighted by Gasteiger charge is 2.19. The number of aromatic nitrogens is 4. The molecule has 1 heterocycles. The van der Waals surface area contributed by atoms with Gasteiger partial charge in [-0.15, -0.1) is 10.2 Å². The first-order chi connectivity index (χ1) is 13.4. The number of ether oxygens (including phenoxy) is 1. The Kier molecular flexibility index (Phi) is 5.50. The van der Waals surface area contributed by atoms with E-state index in [1.807, 2.05) is 0 Å². The van der Waals surface area contributed by atoms with Crippen molar-refractivity contribution in [3.63, 3.8) is 0 Å². The van der Waals surface area contributed by atoms with E-state index in [-0.39, 0.29) is 18.0 Å². The molecule has 0 saturated heterocycles. The minimum absolute atomic E-state index is 0.0470. The highest BCUT2D eigenvalue weighted by atomic mass is 35.5. The number of amides is 1. The molecule has 144 valence electrons. The first-order valence-electron chi connectivity index (χ1n) is 8.04. The van der Waals surface area contributed by atoms with Crippen LogP contribution >= 0.6 is 11.6 Å². The van der Waals surface area contributed by atoms with Crippen molar-refractivity contribution in [3.05, 3.63) is 57.1 Å². The smallest absolute Gasteiger partial charge is 0.311 e. The van der Waals surface area contributed by atoms with Crippen molar-refractivity contribution in [2.24, 2.45) is 0 Å². The Bertz CT molecular complexity index is 1050. The van der Waals surface area contributed by atoms with Crippen LogP contribution < -0.4 is 10.1 Å². The van der Waals surface area contributed by atoms with Crippen LogP contribution in [-0.4, -0.2) is 38.1 Å². The molecule has 1 aromatic heterocycles. The number of methoxy groups -OCH3 is 1. The van der Waals surface area contributed by atoms with E-state index in [0.717, 1.165) is 4.80 Å². The van der Waals surface area contributed by atoms with E-state index in [9.17, 15) is 14.9 Å². The number of rotatable bonds is 6. The molecule has 0 aliphatic heterocycles. The molecule has 28 heavy (non-hydrogen) atoms. The fraction of sp³-hybridized carbons (Fsp3) is 0.176. The third kappa shape index (κ3) is 4.07. The molecule has 0 spiro atoms. The Labute approximate surface area is 164 Å². The second-order valence-corrected chi connectivity index (χ2v) is 6.17. The molecule has 11 heteroatoms. The van der Waals surface area contributed by atoms with Gasteiger partial charge in [0.1, 0.15) is 6.54 Å². The maximum Gasteiger partial charge on any atom is 0.311 e. The number of nitro benzene ring substituents is 1. The van der Waals surface area contributed by atoms with Crippen molar-refractivity contribution in [2.45, 2.75) is 13.5 Å². The molecular weight excluding hydrogens is 388 g/mol. The van der Waals surface area contributed by atoms with E-state index in [4.69, 9.17) is 16.3 Å². The summed E-state index contributed by atoms with van der Waals surface area (Å²) in [6.45, 7) is 1.45. The topological polar surface area (TPSA) is 125 Å². The quantitative estimate of drug-likeness (QED) is 0.496. The Morgan fingerprint density at radius 1 is 1.36 bits per heavy atom. The predicted octanol–water partition coefficient (Wildman–Crippen LogP) is 2.86. The van der Waals surface area contributed by atoms with Gasteiger partial charge in [-0.3, -0.25) is 14.9 Å². The molecule has 2 aromatic carbocycles. The number of nitro groups is 1. The molecule has 0 aliphatic rings. The van der Waals surface area contributed by atoms with Crippen LogP contribution in [0.5, 0.6) is 5.75 Å². The second-order valence-electron chi connectivity index (χ2n) is 5.77. The number of carbonyl (C=O) groups is 1. The highest BCUT2D eigenvalue weighted by molar-refractivity contribution is 6.33. The van der Waals surface area contributed by atoms with Crippen molar-refractivity contribution in [1.82, 2.24) is 20.2 Å². The van der Waals surface area contributed by atoms with Gasteiger partial charge in [0.25, 0.3) is 0 Å². The summed E-state index contributed by atoms with van der Waals surface area (Å²) in [5.74, 6) is -0.0838. The molecule has 0 aliphatic carbocycles. The largest absolute Gasteiger partial charge is 0.490 e. The van der Waals surface area contributed by atoms with E-state index in [0.29, 0.717) is 27.7 Å². The van der Waals surface area contributed by atoms with Gasteiger partial charge in [-0.1, -0.05) is 23.7 Å². The lowest BCUT2D eigenvalue weighted by Crippen LogP contribution is -2.21. The summed E-state index contributed by atoms with van der Waals surface area (Å²) in [6, 6.07) is 9.75. The molecule has 1 amide bonds. The summed E-state index contributed by atoms with van der Waals surface area (Å²) in [5.41, 5.74) is 1.33. The van der Waals surface area contributed by atoms with Crippen molar-refractivity contribution in [2.75, 3.05) is 12.4 Å². The van der Waals surface area contributed by atoms with Crippen molar-refractivity contribution in [1.29, 1.82) is 0 Å². The summed E-state index contributed by atoms with van der Waals surface area (Å²) < 4.78 is 5.02. The van der Waals surface area contributed by atoms with Gasteiger partial charge in [0.05, 0.1) is 17.1 Å². The number of nitrogens with zero attached hydrogens (tertiary/aromatic N) is 5. The standard InChI is InChI=1S/C17H15ClN6O4/c1-10-7-14(24(26)27)15(28-2)8-13(10)19-16(25)9-23-21-17(20-22-23)11-5-3-4-6-12(11)18/h3-8H,9H2,1-2H3,(H,19,25). The van der Waals surface area contributed by atoms with Gasteiger partial charge in [-0.25, -0.2) is 0 Å². The molecule has 0 fully saturated rings. The Morgan fingerprint density at radius 2 is 2.11 bits per heavy atom. The van der Waals surface area contributed by atoms with Crippen molar-refractivity contribution < 1.29 is 14.5 Å². The van der Waals surface area contributed by atoms with Gasteiger partial charge in [0, 0.05) is 23.4 Å². The third-order valence-corrected chi connectivity index (χ3v) is 4.18. The Morgan fingerprint density at radius 3 is 2.79 bits per heavy atom. The van der Waals surface area contributed by atoms with Crippen molar-refractivity contribution in [3.8, 4) is 17.1 Å². The molecule has 10 nitrogen and oxygen atoms in total. The lowest BCUT2D eigenvalue weighted by molar-refractivity contribution is -0.385. The summed E-state index contributed by atoms with van der Waals surface area (Å²) in [6.07, 6.45) is 0. The van der Waals surface area contributed by atoms with Crippen LogP contribution in [0.25, 0.3) is 11.4 Å². The maximum absolute atomic E-state index is 12.3. The van der Waals surface area contributed by atoms with E-state index >= 15 is 0 Å². The van der Waals surface area contributed by atoms with Crippen LogP contribution in [0.15, 0.2) is 36.4 Å². The summed E-state index contributed by atoms with van der Waals surface area (Å²) in [5, 5.41) is 26.1. The summed E-state index contributed by atoms with van der Waals surface area (Å²) >= 11 is 6.11. The zero-order valence-electron chi connectivity index (χ0n) is 14.9. The molecule has 0 atom stereocenters. The minimum atomic E-state index is -0.549. The van der Waals surface area contributed by atoms with Gasteiger partial charge in [0.2, 0.25) is 11.7 Å². The minimum Gasteiger partial charge on any atom is -0.490 e. The van der Waals surface area contributed by atoms with E-state index < -0.39 is 10.8 Å². The SMILES string of the molecule is COc1cc(NC(=O)Cn2nnc(-c3ccccc3Cl)n2)c(C)cc1[N+](=O)[O-]. The molecule has 3 rings (SSSR count). The summed E-state index contributed by atoms with van der Waals surface area (Å²) in [4.78, 5) is 24.0. The number of aryl methyl sites for hydroxylation is 1. The number of tetrazole rings is 1. The van der Waals surface area contributed by atoms with E-state index in [1.54, 1.807) is 31.2 Å². The van der Waals surface area contributed by atoms with Crippen LogP contribution in [0.1, 0.15) is 5.56 Å². The van der Waals surface area contributed by atoms with Gasteiger partial charge in [0.15, 0.2) is 5.75 Å². The Hall–Kier alpha value is -3.53. The summed E-state index contributed by atoms with van der Waals surface area (Å²) in [7, 11) is 1.32. The van der Waals surface area contributed by atoms with Gasteiger partial charge in [-0.2, -0.15) is 4.80 Å². The predicted molar refractivity (Wildman–Crippen MR) is 101 cm³/mol. The number of hydrogen-bond donors (Lipinski definition) is 1. The van der Waals surface area contributed by atoms with Gasteiger partial charge >= 0.3 is 5.69 Å². The van der Waals surface area contributed by atoms with Crippen LogP contribution in [0, 0.1) is 17.0 Å². The fourth-order valence-electron chi connectivity index (χ4n) is 2.49. The maximum atomic E-state index is 12.3. The first-order valence-corrected chi connectivity index (χ1v) is 8.42. The van der Waals surface area contributed by atoms with Crippen LogP contribution in [0.2, 0.25) is 5.02 Å². The highest BCUT2D eigenvalue weighted by Crippen LogP contribution is 2.32. The van der Waals surface area contributed by atoms with E-state index in [1.165, 1.54) is 19.2 Å². The van der Waals surface area contributed by atoms with Gasteiger partial charge < -0.3 is 10.1 Å². The number of nitrogens with one attached hydrogen (secondary N) is 1. The first kappa shape index (κ1) is 19.2. The molecule has 0 radical (unpaired) electrons. The molecule has 0 bridgehead atoms. The van der Waals surface area contributed by atoms with Gasteiger partial charge in [-0.05, 0) is 29.8 Å². The lowest BCUT2D eigenvalue weighted by Gasteiger charge is -2.10. The number of anilines is 1. The molecular formula is C17H15ClN6O4. The fourth-order valence-corrected chi connectivity index (χ4v) is 2.71. The van der Waals surface area contributed by atoms with E-state index in [2.05, 4.69) is 20.7 Å². The van der Waals surface area contributed by atoms with Crippen LogP contribution in [0.4, 0.5) is 11.4 Å². The lowest BCUT2D eigenvalue weighted by atomic mass is 10.1. The molecule has 0 unspecified atom stereocenters. The van der Waals surface area contributed by atoms with Crippen LogP contribution in [-0.2, 0) is 11.3 Å². The van der Waals surface area contributed by atoms with Crippen LogP contribution in [0.3, 0.4) is 0 Å². The number of benzene rings is 2. The zero-order valence-corrected chi connectivity index (χ0v) is 15.7. The number of hydrogen-bond acceptors (Lipinski definition) is 7. The molecule has 1 N–H and O–H groups in total. The molecule has 3 aromatic rings. The average Bonchev–Trinajstić information content (AvgIpc) is 3.11. The zero-order chi connectivity index (χ0) is 20.3. The third-order valence-electron chi connectivity index (χ3n) is 3.85. The van der Waals surface area contributed by atoms with Crippen molar-refractivity contribution >= 4 is 28.9 Å². The second kappa shape index (κ2) is 8.01. The monoisotopic (exact) mass is 402 g/mol. The Balaban J connectivity index is 1.75. The molecule has 0 saturated carbocycles. The number of halogens is 1.